The fourth-order valence-electron chi connectivity index (χ4n) is 2.01. The van der Waals surface area contributed by atoms with Crippen molar-refractivity contribution in [2.24, 2.45) is 5.41 Å². The lowest BCUT2D eigenvalue weighted by Gasteiger charge is -2.29. The van der Waals surface area contributed by atoms with Crippen molar-refractivity contribution >= 4 is 5.91 Å². The van der Waals surface area contributed by atoms with Crippen LogP contribution in [-0.4, -0.2) is 22.6 Å². The van der Waals surface area contributed by atoms with Crippen LogP contribution in [0.3, 0.4) is 0 Å². The molecule has 1 aliphatic rings. The van der Waals surface area contributed by atoms with Crippen molar-refractivity contribution in [3.8, 4) is 0 Å². The minimum Gasteiger partial charge on any atom is -0.272 e. The predicted octanol–water partition coefficient (Wildman–Crippen LogP) is 2.78. The molecule has 0 spiro atoms. The molecule has 0 aliphatic carbocycles. The van der Waals surface area contributed by atoms with Crippen LogP contribution in [0.25, 0.3) is 0 Å². The van der Waals surface area contributed by atoms with Gasteiger partial charge in [0, 0.05) is 18.0 Å². The molecule has 0 N–H and O–H groups in total. The van der Waals surface area contributed by atoms with Gasteiger partial charge in [-0.2, -0.15) is 0 Å². The van der Waals surface area contributed by atoms with Crippen molar-refractivity contribution in [2.45, 2.75) is 40.2 Å². The number of halogens is 1. The van der Waals surface area contributed by atoms with Gasteiger partial charge in [0.15, 0.2) is 0 Å². The van der Waals surface area contributed by atoms with E-state index in [0.717, 1.165) is 0 Å². The third-order valence-corrected chi connectivity index (χ3v) is 3.18. The van der Waals surface area contributed by atoms with E-state index in [0.29, 0.717) is 24.3 Å². The molecular formula is C14H19FN2O2. The largest absolute Gasteiger partial charge is 0.272 e. The SMILES string of the molecule is Cc1ncc([C@@H]2CCON2C(=O)C(C)(C)C)cc1F. The fourth-order valence-corrected chi connectivity index (χ4v) is 2.01. The number of hydrogen-bond donors (Lipinski definition) is 0. The van der Waals surface area contributed by atoms with Crippen LogP contribution in [0, 0.1) is 18.2 Å². The van der Waals surface area contributed by atoms with Crippen molar-refractivity contribution in [1.82, 2.24) is 10.0 Å². The molecule has 1 amide bonds. The molecule has 1 saturated heterocycles. The average Bonchev–Trinajstić information content (AvgIpc) is 2.79. The van der Waals surface area contributed by atoms with Gasteiger partial charge in [0.25, 0.3) is 5.91 Å². The lowest BCUT2D eigenvalue weighted by atomic mass is 9.94. The van der Waals surface area contributed by atoms with Crippen LogP contribution in [0.1, 0.15) is 44.5 Å². The van der Waals surface area contributed by atoms with Crippen LogP contribution < -0.4 is 0 Å². The Hall–Kier alpha value is -1.49. The van der Waals surface area contributed by atoms with Gasteiger partial charge in [-0.1, -0.05) is 20.8 Å². The topological polar surface area (TPSA) is 42.4 Å². The van der Waals surface area contributed by atoms with Gasteiger partial charge in [-0.15, -0.1) is 0 Å². The molecule has 1 fully saturated rings. The number of pyridine rings is 1. The molecule has 0 radical (unpaired) electrons. The number of carbonyl (C=O) groups excluding carboxylic acids is 1. The lowest BCUT2D eigenvalue weighted by Crippen LogP contribution is -2.38. The molecule has 0 saturated carbocycles. The molecule has 0 aromatic carbocycles. The zero-order chi connectivity index (χ0) is 14.2. The van der Waals surface area contributed by atoms with Crippen molar-refractivity contribution in [1.29, 1.82) is 0 Å². The van der Waals surface area contributed by atoms with Gasteiger partial charge in [-0.25, -0.2) is 9.45 Å². The third-order valence-electron chi connectivity index (χ3n) is 3.18. The molecule has 1 aromatic rings. The van der Waals surface area contributed by atoms with Crippen molar-refractivity contribution in [2.75, 3.05) is 6.61 Å². The second-order valence-corrected chi connectivity index (χ2v) is 5.85. The van der Waals surface area contributed by atoms with E-state index >= 15 is 0 Å². The maximum absolute atomic E-state index is 13.6. The maximum atomic E-state index is 13.6. The van der Waals surface area contributed by atoms with Crippen LogP contribution in [0.5, 0.6) is 0 Å². The highest BCUT2D eigenvalue weighted by atomic mass is 19.1. The summed E-state index contributed by atoms with van der Waals surface area (Å²) in [6.07, 6.45) is 2.27. The van der Waals surface area contributed by atoms with E-state index < -0.39 is 5.41 Å². The smallest absolute Gasteiger partial charge is 0.252 e. The molecule has 0 bridgehead atoms. The number of rotatable bonds is 1. The number of nitrogens with zero attached hydrogens (tertiary/aromatic N) is 2. The first-order chi connectivity index (χ1) is 8.80. The second kappa shape index (κ2) is 4.89. The number of hydrogen-bond acceptors (Lipinski definition) is 3. The summed E-state index contributed by atoms with van der Waals surface area (Å²) in [5.74, 6) is -0.455. The highest BCUT2D eigenvalue weighted by Gasteiger charge is 2.37. The van der Waals surface area contributed by atoms with E-state index in [1.165, 1.54) is 11.1 Å². The Morgan fingerprint density at radius 3 is 2.79 bits per heavy atom. The maximum Gasteiger partial charge on any atom is 0.252 e. The molecule has 4 nitrogen and oxygen atoms in total. The minimum absolute atomic E-state index is 0.101. The van der Waals surface area contributed by atoms with Gasteiger partial charge in [0.2, 0.25) is 0 Å². The second-order valence-electron chi connectivity index (χ2n) is 5.85. The summed E-state index contributed by atoms with van der Waals surface area (Å²) in [7, 11) is 0. The van der Waals surface area contributed by atoms with Crippen LogP contribution >= 0.6 is 0 Å². The molecule has 2 heterocycles. The molecule has 1 aliphatic heterocycles. The summed E-state index contributed by atoms with van der Waals surface area (Å²) in [4.78, 5) is 21.7. The summed E-state index contributed by atoms with van der Waals surface area (Å²) >= 11 is 0. The van der Waals surface area contributed by atoms with Gasteiger partial charge < -0.3 is 0 Å². The van der Waals surface area contributed by atoms with Gasteiger partial charge in [0.1, 0.15) is 5.82 Å². The van der Waals surface area contributed by atoms with Crippen LogP contribution in [0.4, 0.5) is 4.39 Å². The van der Waals surface area contributed by atoms with Gasteiger partial charge in [0.05, 0.1) is 18.3 Å². The normalized spacial score (nSPS) is 19.8. The van der Waals surface area contributed by atoms with E-state index in [1.807, 2.05) is 20.8 Å². The monoisotopic (exact) mass is 266 g/mol. The van der Waals surface area contributed by atoms with Gasteiger partial charge in [-0.05, 0) is 18.6 Å². The Morgan fingerprint density at radius 1 is 1.53 bits per heavy atom. The van der Waals surface area contributed by atoms with Crippen molar-refractivity contribution in [3.05, 3.63) is 29.3 Å². The van der Waals surface area contributed by atoms with Crippen molar-refractivity contribution < 1.29 is 14.0 Å². The Balaban J connectivity index is 2.28. The number of carbonyl (C=O) groups is 1. The van der Waals surface area contributed by atoms with Crippen molar-refractivity contribution in [3.63, 3.8) is 0 Å². The summed E-state index contributed by atoms with van der Waals surface area (Å²) < 4.78 is 13.6. The molecule has 1 atom stereocenters. The first kappa shape index (κ1) is 13.9. The highest BCUT2D eigenvalue weighted by molar-refractivity contribution is 5.81. The molecule has 0 unspecified atom stereocenters. The molecule has 2 rings (SSSR count). The zero-order valence-corrected chi connectivity index (χ0v) is 11.7. The lowest BCUT2D eigenvalue weighted by molar-refractivity contribution is -0.186. The van der Waals surface area contributed by atoms with Crippen LogP contribution in [0.2, 0.25) is 0 Å². The van der Waals surface area contributed by atoms with Gasteiger partial charge >= 0.3 is 0 Å². The number of aromatic nitrogens is 1. The Morgan fingerprint density at radius 2 is 2.21 bits per heavy atom. The summed E-state index contributed by atoms with van der Waals surface area (Å²) in [5.41, 5.74) is 0.508. The van der Waals surface area contributed by atoms with Crippen LogP contribution in [0.15, 0.2) is 12.3 Å². The molecule has 5 heteroatoms. The predicted molar refractivity (Wildman–Crippen MR) is 68.5 cm³/mol. The first-order valence-electron chi connectivity index (χ1n) is 6.39. The van der Waals surface area contributed by atoms with E-state index in [9.17, 15) is 9.18 Å². The summed E-state index contributed by atoms with van der Waals surface area (Å²) in [5, 5.41) is 1.37. The third kappa shape index (κ3) is 2.76. The standard InChI is InChI=1S/C14H19FN2O2/c1-9-11(15)7-10(8-16-9)12-5-6-19-17(12)13(18)14(2,3)4/h7-8,12H,5-6H2,1-4H3/t12-/m0/s1. The number of amides is 1. The highest BCUT2D eigenvalue weighted by Crippen LogP contribution is 2.34. The Bertz CT molecular complexity index is 497. The zero-order valence-electron chi connectivity index (χ0n) is 11.7. The quantitative estimate of drug-likeness (QED) is 0.785. The Kier molecular flexibility index (Phi) is 3.58. The first-order valence-corrected chi connectivity index (χ1v) is 6.39. The summed E-state index contributed by atoms with van der Waals surface area (Å²) in [6, 6.07) is 1.18. The molecule has 104 valence electrons. The van der Waals surface area contributed by atoms with E-state index in [-0.39, 0.29) is 17.8 Å². The molecular weight excluding hydrogens is 247 g/mol. The molecule has 1 aromatic heterocycles. The molecule has 19 heavy (non-hydrogen) atoms. The minimum atomic E-state index is -0.529. The number of hydroxylamine groups is 2. The average molecular weight is 266 g/mol. The van der Waals surface area contributed by atoms with Gasteiger partial charge in [-0.3, -0.25) is 14.6 Å². The van der Waals surface area contributed by atoms with Crippen LogP contribution in [-0.2, 0) is 9.63 Å². The van der Waals surface area contributed by atoms with E-state index in [4.69, 9.17) is 4.84 Å². The fraction of sp³-hybridized carbons (Fsp3) is 0.571. The van der Waals surface area contributed by atoms with E-state index in [2.05, 4.69) is 4.98 Å². The number of aryl methyl sites for hydroxylation is 1. The van der Waals surface area contributed by atoms with E-state index in [1.54, 1.807) is 13.1 Å². The summed E-state index contributed by atoms with van der Waals surface area (Å²) in [6.45, 7) is 7.58. The Labute approximate surface area is 112 Å².